The van der Waals surface area contributed by atoms with Crippen molar-refractivity contribution in [2.24, 2.45) is 5.92 Å². The topological polar surface area (TPSA) is 12.0 Å². The summed E-state index contributed by atoms with van der Waals surface area (Å²) in [7, 11) is 0. The van der Waals surface area contributed by atoms with Crippen molar-refractivity contribution in [3.63, 3.8) is 0 Å². The van der Waals surface area contributed by atoms with Crippen molar-refractivity contribution < 1.29 is 0 Å². The van der Waals surface area contributed by atoms with Crippen LogP contribution in [0.25, 0.3) is 0 Å². The Morgan fingerprint density at radius 1 is 1.23 bits per heavy atom. The van der Waals surface area contributed by atoms with Crippen LogP contribution in [0.1, 0.15) is 18.5 Å². The van der Waals surface area contributed by atoms with Gasteiger partial charge in [-0.2, -0.15) is 0 Å². The summed E-state index contributed by atoms with van der Waals surface area (Å²) in [6.45, 7) is 3.24. The van der Waals surface area contributed by atoms with E-state index in [0.29, 0.717) is 12.0 Å². The smallest absolute Gasteiger partial charge is 0.0383 e. The quantitative estimate of drug-likeness (QED) is 0.643. The molecule has 1 heterocycles. The largest absolute Gasteiger partial charge is 0.306 e. The van der Waals surface area contributed by atoms with E-state index in [2.05, 4.69) is 54.7 Å². The predicted octanol–water partition coefficient (Wildman–Crippen LogP) is 2.52. The summed E-state index contributed by atoms with van der Waals surface area (Å²) in [5, 5.41) is 3.50. The van der Waals surface area contributed by atoms with E-state index in [4.69, 9.17) is 0 Å². The number of hydrogen-bond donors (Lipinski definition) is 1. The third kappa shape index (κ3) is 1.81. The Balaban J connectivity index is 2.22. The number of rotatable bonds is 1. The molecular weight excluding hydrogens is 158 g/mol. The molecule has 0 saturated carbocycles. The minimum absolute atomic E-state index is 0.492. The lowest BCUT2D eigenvalue weighted by molar-refractivity contribution is 0.446. The molecule has 13 heavy (non-hydrogen) atoms. The van der Waals surface area contributed by atoms with Crippen LogP contribution < -0.4 is 5.32 Å². The number of nitrogens with one attached hydrogen (secondary N) is 1. The summed E-state index contributed by atoms with van der Waals surface area (Å²) in [4.78, 5) is 0. The molecule has 0 unspecified atom stereocenters. The van der Waals surface area contributed by atoms with Gasteiger partial charge in [0.2, 0.25) is 0 Å². The lowest BCUT2D eigenvalue weighted by Crippen LogP contribution is -2.29. The second-order valence-electron chi connectivity index (χ2n) is 3.58. The minimum atomic E-state index is 0.492. The molecule has 0 saturated heterocycles. The van der Waals surface area contributed by atoms with Crippen molar-refractivity contribution in [2.75, 3.05) is 6.54 Å². The highest BCUT2D eigenvalue weighted by Gasteiger charge is 2.17. The SMILES string of the molecule is C[C@@H]1C=CCN[C@@H]1c1ccccc1. The molecule has 1 aromatic carbocycles. The number of benzene rings is 1. The van der Waals surface area contributed by atoms with Gasteiger partial charge in [0.05, 0.1) is 0 Å². The highest BCUT2D eigenvalue weighted by Crippen LogP contribution is 2.24. The molecule has 1 aromatic rings. The van der Waals surface area contributed by atoms with Crippen molar-refractivity contribution >= 4 is 0 Å². The third-order valence-corrected chi connectivity index (χ3v) is 2.58. The lowest BCUT2D eigenvalue weighted by Gasteiger charge is -2.26. The summed E-state index contributed by atoms with van der Waals surface area (Å²) >= 11 is 0. The Kier molecular flexibility index (Phi) is 2.46. The molecule has 2 atom stereocenters. The normalized spacial score (nSPS) is 27.5. The molecule has 1 aliphatic heterocycles. The maximum Gasteiger partial charge on any atom is 0.0383 e. The Morgan fingerprint density at radius 3 is 2.69 bits per heavy atom. The van der Waals surface area contributed by atoms with Crippen LogP contribution in [0.3, 0.4) is 0 Å². The molecule has 1 heteroatoms. The maximum absolute atomic E-state index is 3.50. The molecule has 0 radical (unpaired) electrons. The van der Waals surface area contributed by atoms with Crippen molar-refractivity contribution in [1.82, 2.24) is 5.32 Å². The second kappa shape index (κ2) is 3.75. The zero-order valence-electron chi connectivity index (χ0n) is 7.90. The first-order valence-corrected chi connectivity index (χ1v) is 4.83. The van der Waals surface area contributed by atoms with E-state index >= 15 is 0 Å². The lowest BCUT2D eigenvalue weighted by atomic mass is 9.92. The fraction of sp³-hybridized carbons (Fsp3) is 0.333. The van der Waals surface area contributed by atoms with Gasteiger partial charge in [-0.25, -0.2) is 0 Å². The van der Waals surface area contributed by atoms with E-state index in [0.717, 1.165) is 6.54 Å². The molecule has 68 valence electrons. The van der Waals surface area contributed by atoms with E-state index in [-0.39, 0.29) is 0 Å². The Bertz CT molecular complexity index is 289. The average Bonchev–Trinajstić information content (AvgIpc) is 2.20. The Labute approximate surface area is 79.5 Å². The highest BCUT2D eigenvalue weighted by atomic mass is 14.9. The van der Waals surface area contributed by atoms with E-state index in [1.807, 2.05) is 0 Å². The first-order valence-electron chi connectivity index (χ1n) is 4.83. The van der Waals surface area contributed by atoms with Gasteiger partial charge in [0, 0.05) is 12.6 Å². The zero-order chi connectivity index (χ0) is 9.10. The molecule has 0 spiro atoms. The van der Waals surface area contributed by atoms with Crippen molar-refractivity contribution in [1.29, 1.82) is 0 Å². The molecule has 0 aromatic heterocycles. The Hall–Kier alpha value is -1.08. The summed E-state index contributed by atoms with van der Waals surface area (Å²) in [6, 6.07) is 11.1. The van der Waals surface area contributed by atoms with Gasteiger partial charge >= 0.3 is 0 Å². The van der Waals surface area contributed by atoms with Crippen LogP contribution in [0.5, 0.6) is 0 Å². The molecule has 0 amide bonds. The second-order valence-corrected chi connectivity index (χ2v) is 3.58. The highest BCUT2D eigenvalue weighted by molar-refractivity contribution is 5.22. The molecule has 2 rings (SSSR count). The summed E-state index contributed by atoms with van der Waals surface area (Å²) in [6.07, 6.45) is 4.48. The van der Waals surface area contributed by atoms with Gasteiger partial charge in [-0.3, -0.25) is 0 Å². The first kappa shape index (κ1) is 8.52. The molecule has 0 bridgehead atoms. The van der Waals surface area contributed by atoms with Gasteiger partial charge in [0.15, 0.2) is 0 Å². The van der Waals surface area contributed by atoms with E-state index in [9.17, 15) is 0 Å². The Morgan fingerprint density at radius 2 is 2.00 bits per heavy atom. The molecule has 0 fully saturated rings. The minimum Gasteiger partial charge on any atom is -0.306 e. The van der Waals surface area contributed by atoms with Crippen LogP contribution in [0.4, 0.5) is 0 Å². The van der Waals surface area contributed by atoms with Gasteiger partial charge in [-0.1, -0.05) is 49.4 Å². The summed E-state index contributed by atoms with van der Waals surface area (Å²) in [5.41, 5.74) is 1.39. The van der Waals surface area contributed by atoms with E-state index in [1.54, 1.807) is 0 Å². The van der Waals surface area contributed by atoms with Crippen molar-refractivity contribution in [3.8, 4) is 0 Å². The van der Waals surface area contributed by atoms with E-state index in [1.165, 1.54) is 5.56 Å². The third-order valence-electron chi connectivity index (χ3n) is 2.58. The van der Waals surface area contributed by atoms with Crippen LogP contribution in [0, 0.1) is 5.92 Å². The van der Waals surface area contributed by atoms with Gasteiger partial charge in [-0.05, 0) is 11.5 Å². The van der Waals surface area contributed by atoms with Gasteiger partial charge < -0.3 is 5.32 Å². The van der Waals surface area contributed by atoms with Crippen LogP contribution >= 0.6 is 0 Å². The molecule has 1 aliphatic rings. The van der Waals surface area contributed by atoms with Crippen LogP contribution in [-0.2, 0) is 0 Å². The van der Waals surface area contributed by atoms with Crippen LogP contribution in [0.2, 0.25) is 0 Å². The molecule has 1 nitrogen and oxygen atoms in total. The maximum atomic E-state index is 3.50. The van der Waals surface area contributed by atoms with Gasteiger partial charge in [-0.15, -0.1) is 0 Å². The first-order chi connectivity index (χ1) is 6.38. The fourth-order valence-electron chi connectivity index (χ4n) is 1.86. The average molecular weight is 173 g/mol. The molecular formula is C12H15N. The van der Waals surface area contributed by atoms with Crippen molar-refractivity contribution in [2.45, 2.75) is 13.0 Å². The number of hydrogen-bond acceptors (Lipinski definition) is 1. The predicted molar refractivity (Wildman–Crippen MR) is 55.5 cm³/mol. The standard InChI is InChI=1S/C12H15N/c1-10-6-5-9-13-12(10)11-7-3-2-4-8-11/h2-8,10,12-13H,9H2,1H3/t10-,12+/m1/s1. The molecule has 0 aliphatic carbocycles. The summed E-state index contributed by atoms with van der Waals surface area (Å²) < 4.78 is 0. The van der Waals surface area contributed by atoms with Crippen LogP contribution in [0.15, 0.2) is 42.5 Å². The fourth-order valence-corrected chi connectivity index (χ4v) is 1.86. The van der Waals surface area contributed by atoms with Gasteiger partial charge in [0.1, 0.15) is 0 Å². The van der Waals surface area contributed by atoms with E-state index < -0.39 is 0 Å². The van der Waals surface area contributed by atoms with Gasteiger partial charge in [0.25, 0.3) is 0 Å². The summed E-state index contributed by atoms with van der Waals surface area (Å²) in [5.74, 6) is 0.594. The van der Waals surface area contributed by atoms with Crippen molar-refractivity contribution in [3.05, 3.63) is 48.0 Å². The monoisotopic (exact) mass is 173 g/mol. The van der Waals surface area contributed by atoms with Crippen LogP contribution in [-0.4, -0.2) is 6.54 Å². The zero-order valence-corrected chi connectivity index (χ0v) is 7.90. The molecule has 1 N–H and O–H groups in total.